The van der Waals surface area contributed by atoms with Crippen molar-refractivity contribution < 1.29 is 52.7 Å². The first-order valence-corrected chi connectivity index (χ1v) is 17.9. The second-order valence-corrected chi connectivity index (χ2v) is 13.4. The maximum atomic E-state index is 13.1. The number of esters is 1. The molecule has 53 heavy (non-hydrogen) atoms. The van der Waals surface area contributed by atoms with Gasteiger partial charge >= 0.3 is 18.2 Å². The summed E-state index contributed by atoms with van der Waals surface area (Å²) in [6, 6.07) is 18.6. The molecular weight excluding hydrogens is 688 g/mol. The molecule has 0 radical (unpaired) electrons. The number of carbonyl (C=O) groups is 2. The first kappa shape index (κ1) is 43.1. The van der Waals surface area contributed by atoms with Crippen molar-refractivity contribution in [1.82, 2.24) is 4.90 Å². The molecule has 15 heteroatoms. The highest BCUT2D eigenvalue weighted by atomic mass is 16.7. The monoisotopic (exact) mass is 740 g/mol. The molecule has 2 aliphatic heterocycles. The van der Waals surface area contributed by atoms with Crippen LogP contribution >= 0.6 is 0 Å². The van der Waals surface area contributed by atoms with Crippen LogP contribution < -0.4 is 0 Å². The first-order chi connectivity index (χ1) is 25.5. The third kappa shape index (κ3) is 13.5. The van der Waals surface area contributed by atoms with Gasteiger partial charge in [0, 0.05) is 37.4 Å². The fraction of sp³-hybridized carbons (Fsp3) is 0.605. The molecule has 2 aromatic rings. The Morgan fingerprint density at radius 2 is 1.53 bits per heavy atom. The van der Waals surface area contributed by atoms with Gasteiger partial charge in [0.1, 0.15) is 19.3 Å². The molecule has 0 bridgehead atoms. The Balaban J connectivity index is 0.00000243. The zero-order valence-corrected chi connectivity index (χ0v) is 31.0. The van der Waals surface area contributed by atoms with Gasteiger partial charge in [0.15, 0.2) is 12.6 Å². The van der Waals surface area contributed by atoms with E-state index in [1.807, 2.05) is 81.4 Å². The highest BCUT2D eigenvalue weighted by Gasteiger charge is 2.48. The smallest absolute Gasteiger partial charge is 0.410 e. The summed E-state index contributed by atoms with van der Waals surface area (Å²) in [4.78, 5) is 45.9. The van der Waals surface area contributed by atoms with Gasteiger partial charge in [0.05, 0.1) is 24.4 Å². The molecule has 15 nitrogen and oxygen atoms in total. The van der Waals surface area contributed by atoms with E-state index in [4.69, 9.17) is 38.0 Å². The van der Waals surface area contributed by atoms with Crippen molar-refractivity contribution in [3.63, 3.8) is 0 Å². The zero-order chi connectivity index (χ0) is 38.8. The molecule has 4 unspecified atom stereocenters. The Bertz CT molecular complexity index is 1470. The van der Waals surface area contributed by atoms with E-state index < -0.39 is 49.0 Å². The van der Waals surface area contributed by atoms with Crippen LogP contribution in [0.25, 0.3) is 10.4 Å². The lowest BCUT2D eigenvalue weighted by atomic mass is 9.84. The summed E-state index contributed by atoms with van der Waals surface area (Å²) in [5, 5.41) is 14.5. The number of carbonyl (C=O) groups excluding carboxylic acids is 4. The lowest BCUT2D eigenvalue weighted by Gasteiger charge is -2.47. The molecule has 1 N–H and O–H groups in total. The Hall–Kier alpha value is -4.33. The van der Waals surface area contributed by atoms with Crippen LogP contribution in [0.2, 0.25) is 0 Å². The Labute approximate surface area is 310 Å². The van der Waals surface area contributed by atoms with Gasteiger partial charge in [0.25, 0.3) is 0 Å². The summed E-state index contributed by atoms with van der Waals surface area (Å²) in [6.45, 7) is 10.3. The number of amides is 1. The average molecular weight is 741 g/mol. The van der Waals surface area contributed by atoms with Crippen molar-refractivity contribution in [1.29, 1.82) is 0 Å². The number of benzene rings is 2. The number of aliphatic hydroxyl groups excluding tert-OH is 1. The number of unbranched alkanes of at least 4 members (excludes halogenated alkanes) is 2. The van der Waals surface area contributed by atoms with Crippen molar-refractivity contribution in [3.05, 3.63) is 82.2 Å². The van der Waals surface area contributed by atoms with Gasteiger partial charge < -0.3 is 38.4 Å². The molecule has 2 fully saturated rings. The molecule has 10 atom stereocenters. The van der Waals surface area contributed by atoms with Crippen molar-refractivity contribution in [3.8, 4) is 0 Å². The summed E-state index contributed by atoms with van der Waals surface area (Å²) in [5.74, 6) is -1.06. The molecule has 0 saturated carbocycles. The first-order valence-electron chi connectivity index (χ1n) is 17.9. The fourth-order valence-electron chi connectivity index (χ4n) is 6.36. The van der Waals surface area contributed by atoms with E-state index in [-0.39, 0.29) is 43.2 Å². The second-order valence-electron chi connectivity index (χ2n) is 13.4. The summed E-state index contributed by atoms with van der Waals surface area (Å²) in [7, 11) is 0. The van der Waals surface area contributed by atoms with Crippen LogP contribution in [-0.2, 0) is 56.0 Å². The second kappa shape index (κ2) is 22.7. The minimum absolute atomic E-state index is 0.0788. The predicted molar refractivity (Wildman–Crippen MR) is 189 cm³/mol. The molecule has 2 aliphatic rings. The van der Waals surface area contributed by atoms with Crippen LogP contribution in [0, 0.1) is 17.8 Å². The number of azide groups is 1. The topological polar surface area (TPSA) is 196 Å². The van der Waals surface area contributed by atoms with Crippen LogP contribution in [0.1, 0.15) is 65.0 Å². The number of hydrogen-bond acceptors (Lipinski definition) is 12. The van der Waals surface area contributed by atoms with Gasteiger partial charge in [-0.15, -0.1) is 0 Å². The molecule has 0 spiro atoms. The van der Waals surface area contributed by atoms with Crippen molar-refractivity contribution in [2.24, 2.45) is 22.9 Å². The third-order valence-corrected chi connectivity index (χ3v) is 9.60. The molecule has 2 aromatic carbocycles. The van der Waals surface area contributed by atoms with Gasteiger partial charge in [-0.1, -0.05) is 86.5 Å². The molecule has 4 rings (SSSR count). The van der Waals surface area contributed by atoms with E-state index in [2.05, 4.69) is 10.0 Å². The Kier molecular flexibility index (Phi) is 18.4. The number of nitrogens with zero attached hydrogens (tertiary/aromatic N) is 4. The van der Waals surface area contributed by atoms with Gasteiger partial charge in [-0.2, -0.15) is 9.59 Å². The zero-order valence-electron chi connectivity index (χ0n) is 31.0. The summed E-state index contributed by atoms with van der Waals surface area (Å²) in [5.41, 5.74) is 11.4. The number of aliphatic hydroxyl groups is 1. The number of hydrogen-bond donors (Lipinski definition) is 1. The quantitative estimate of drug-likeness (QED) is 0.0719. The summed E-state index contributed by atoms with van der Waals surface area (Å²) in [6.07, 6.45) is -1.97. The van der Waals surface area contributed by atoms with Gasteiger partial charge in [-0.3, -0.25) is 4.79 Å². The van der Waals surface area contributed by atoms with Gasteiger partial charge in [0.2, 0.25) is 0 Å². The molecule has 0 aliphatic carbocycles. The van der Waals surface area contributed by atoms with Crippen LogP contribution in [0.3, 0.4) is 0 Å². The Morgan fingerprint density at radius 3 is 2.15 bits per heavy atom. The highest BCUT2D eigenvalue weighted by Crippen LogP contribution is 2.37. The van der Waals surface area contributed by atoms with Crippen molar-refractivity contribution >= 4 is 18.2 Å². The fourth-order valence-corrected chi connectivity index (χ4v) is 6.36. The Morgan fingerprint density at radius 1 is 0.887 bits per heavy atom. The third-order valence-electron chi connectivity index (χ3n) is 9.60. The SMILES string of the molecule is CC(=O)OCC1O[C@H](OCCCCCN(Cc2ccccc2)C(=O)OCc2ccccc2)C(N=[N+]=[N-])[C@@H](C)[C@@H]1O[C@@H]1OC(C)[C@@H](O)[C@H](C)C1C.O=C=O. The molecule has 0 aromatic heterocycles. The molecular formula is C38H52N4O11. The largest absolute Gasteiger partial charge is 0.463 e. The van der Waals surface area contributed by atoms with E-state index in [9.17, 15) is 20.2 Å². The lowest BCUT2D eigenvalue weighted by molar-refractivity contribution is -0.321. The van der Waals surface area contributed by atoms with E-state index >= 15 is 0 Å². The number of rotatable bonds is 16. The van der Waals surface area contributed by atoms with E-state index in [0.717, 1.165) is 17.5 Å². The standard InChI is InChI=1S/C37H52N4O9.CO2/c1-24-25(2)35(48-27(4)33(24)43)50-34-26(3)32(39-40-38)36(49-31(34)23-46-28(5)42)45-20-14-8-13-19-41(21-29-15-9-6-10-16-29)37(44)47-22-30-17-11-7-12-18-30;2-1-3/h6-7,9-12,15-18,24-27,31-36,43H,8,13-14,19-23H2,1-5H3;/t24-,25?,26-,27?,31?,32?,33+,34+,35+,36+;/m1./s1. The summed E-state index contributed by atoms with van der Waals surface area (Å²) >= 11 is 0. The van der Waals surface area contributed by atoms with Crippen LogP contribution in [-0.4, -0.2) is 91.0 Å². The minimum Gasteiger partial charge on any atom is -0.463 e. The number of ether oxygens (including phenoxy) is 6. The lowest BCUT2D eigenvalue weighted by Crippen LogP contribution is -2.58. The van der Waals surface area contributed by atoms with Crippen LogP contribution in [0.4, 0.5) is 4.79 Å². The highest BCUT2D eigenvalue weighted by molar-refractivity contribution is 5.67. The van der Waals surface area contributed by atoms with E-state index in [1.54, 1.807) is 11.8 Å². The molecule has 2 saturated heterocycles. The van der Waals surface area contributed by atoms with E-state index in [0.29, 0.717) is 32.5 Å². The van der Waals surface area contributed by atoms with E-state index in [1.165, 1.54) is 6.92 Å². The minimum atomic E-state index is -0.895. The molecule has 2 heterocycles. The average Bonchev–Trinajstić information content (AvgIpc) is 3.15. The van der Waals surface area contributed by atoms with Gasteiger partial charge in [-0.05, 0) is 54.7 Å². The molecule has 1 amide bonds. The molecule has 290 valence electrons. The van der Waals surface area contributed by atoms with Crippen molar-refractivity contribution in [2.45, 2.75) is 110 Å². The maximum Gasteiger partial charge on any atom is 0.410 e. The van der Waals surface area contributed by atoms with Crippen LogP contribution in [0.5, 0.6) is 0 Å². The van der Waals surface area contributed by atoms with Crippen LogP contribution in [0.15, 0.2) is 65.8 Å². The maximum absolute atomic E-state index is 13.1. The summed E-state index contributed by atoms with van der Waals surface area (Å²) < 4.78 is 35.9. The van der Waals surface area contributed by atoms with Gasteiger partial charge in [-0.25, -0.2) is 4.79 Å². The van der Waals surface area contributed by atoms with Crippen molar-refractivity contribution in [2.75, 3.05) is 19.8 Å². The normalized spacial score (nSPS) is 27.9. The predicted octanol–water partition coefficient (Wildman–Crippen LogP) is 5.79.